The molecule has 9 nitrogen and oxygen atoms in total. The summed E-state index contributed by atoms with van der Waals surface area (Å²) in [7, 11) is 1.72. The molecular formula is C24H28FN7O2. The number of rotatable bonds is 2. The van der Waals surface area contributed by atoms with E-state index in [0.29, 0.717) is 36.4 Å². The third-order valence-electron chi connectivity index (χ3n) is 6.30. The quantitative estimate of drug-likeness (QED) is 0.606. The zero-order valence-corrected chi connectivity index (χ0v) is 19.9. The van der Waals surface area contributed by atoms with Gasteiger partial charge >= 0.3 is 6.03 Å². The first-order valence-corrected chi connectivity index (χ1v) is 11.3. The van der Waals surface area contributed by atoms with E-state index in [1.807, 2.05) is 19.9 Å². The van der Waals surface area contributed by atoms with Crippen LogP contribution in [0, 0.1) is 5.82 Å². The topological polar surface area (TPSA) is 95.4 Å². The van der Waals surface area contributed by atoms with Crippen LogP contribution in [0.15, 0.2) is 30.6 Å². The van der Waals surface area contributed by atoms with E-state index in [1.54, 1.807) is 30.4 Å². The van der Waals surface area contributed by atoms with Crippen LogP contribution in [-0.4, -0.2) is 50.9 Å². The summed E-state index contributed by atoms with van der Waals surface area (Å²) in [6.07, 6.45) is 3.89. The molecule has 0 spiro atoms. The highest BCUT2D eigenvalue weighted by Crippen LogP contribution is 2.37. The highest BCUT2D eigenvalue weighted by atomic mass is 19.1. The smallest absolute Gasteiger partial charge is 0.309 e. The lowest BCUT2D eigenvalue weighted by Gasteiger charge is -2.47. The molecule has 10 heteroatoms. The largest absolute Gasteiger partial charge is 0.327 e. The first-order chi connectivity index (χ1) is 15.9. The molecule has 0 radical (unpaired) electrons. The fourth-order valence-electron chi connectivity index (χ4n) is 5.14. The van der Waals surface area contributed by atoms with Crippen molar-refractivity contribution in [3.8, 4) is 0 Å². The summed E-state index contributed by atoms with van der Waals surface area (Å²) < 4.78 is 16.0. The first kappa shape index (κ1) is 22.3. The number of anilines is 3. The van der Waals surface area contributed by atoms with E-state index in [1.165, 1.54) is 15.6 Å². The van der Waals surface area contributed by atoms with Gasteiger partial charge in [0.2, 0.25) is 5.91 Å². The van der Waals surface area contributed by atoms with Crippen molar-refractivity contribution < 1.29 is 14.0 Å². The Hall–Kier alpha value is -3.53. The van der Waals surface area contributed by atoms with Crippen LogP contribution >= 0.6 is 0 Å². The maximum atomic E-state index is 14.5. The second-order valence-electron chi connectivity index (χ2n) is 10.2. The molecule has 1 aromatic carbocycles. The number of amides is 3. The average molecular weight is 466 g/mol. The average Bonchev–Trinajstić information content (AvgIpc) is 3.33. The Kier molecular flexibility index (Phi) is 4.91. The number of nitrogens with zero attached hydrogens (tertiary/aromatic N) is 5. The van der Waals surface area contributed by atoms with Crippen LogP contribution in [-0.2, 0) is 18.3 Å². The lowest BCUT2D eigenvalue weighted by atomic mass is 9.90. The summed E-state index contributed by atoms with van der Waals surface area (Å²) in [4.78, 5) is 34.2. The third kappa shape index (κ3) is 3.67. The second kappa shape index (κ2) is 7.49. The molecule has 178 valence electrons. The Labute approximate surface area is 196 Å². The Bertz CT molecular complexity index is 1330. The molecule has 2 aliphatic rings. The zero-order chi connectivity index (χ0) is 24.4. The summed E-state index contributed by atoms with van der Waals surface area (Å²) in [6, 6.07) is 4.38. The van der Waals surface area contributed by atoms with Crippen LogP contribution in [0.4, 0.5) is 26.4 Å². The molecule has 1 fully saturated rings. The highest BCUT2D eigenvalue weighted by molar-refractivity contribution is 6.06. The van der Waals surface area contributed by atoms with Crippen LogP contribution in [0.5, 0.6) is 0 Å². The van der Waals surface area contributed by atoms with Gasteiger partial charge in [0.05, 0.1) is 11.2 Å². The molecule has 1 saturated heterocycles. The Morgan fingerprint density at radius 3 is 2.76 bits per heavy atom. The summed E-state index contributed by atoms with van der Waals surface area (Å²) in [5, 5.41) is 10.9. The van der Waals surface area contributed by atoms with Gasteiger partial charge in [-0.1, -0.05) is 0 Å². The number of piperazine rings is 1. The Balaban J connectivity index is 1.44. The lowest BCUT2D eigenvalue weighted by molar-refractivity contribution is -0.126. The van der Waals surface area contributed by atoms with Crippen LogP contribution < -0.4 is 20.4 Å². The van der Waals surface area contributed by atoms with Gasteiger partial charge in [0, 0.05) is 54.7 Å². The minimum Gasteiger partial charge on any atom is -0.309 e. The number of pyridine rings is 1. The summed E-state index contributed by atoms with van der Waals surface area (Å²) in [5.74, 6) is -0.0127. The minimum atomic E-state index is -0.720. The van der Waals surface area contributed by atoms with E-state index in [-0.39, 0.29) is 17.0 Å². The van der Waals surface area contributed by atoms with Gasteiger partial charge in [-0.15, -0.1) is 0 Å². The third-order valence-corrected chi connectivity index (χ3v) is 6.30. The van der Waals surface area contributed by atoms with E-state index in [4.69, 9.17) is 0 Å². The number of urea groups is 1. The number of benzene rings is 1. The van der Waals surface area contributed by atoms with Crippen LogP contribution in [0.25, 0.3) is 10.9 Å². The number of halogens is 1. The SMILES string of the molecule is Cn1cc2cc(NC(=O)N3CCc4c(N5CC(C)(C)NC(C)(C)C5=O)ccnc43)cc(F)c2n1. The van der Waals surface area contributed by atoms with E-state index in [9.17, 15) is 14.0 Å². The molecule has 4 heterocycles. The fourth-order valence-corrected chi connectivity index (χ4v) is 5.14. The molecule has 0 unspecified atom stereocenters. The standard InChI is InChI=1S/C24H28FN7O2/c1-23(2)13-32(21(33)24(3,4)29-23)18-6-8-26-20-16(18)7-9-31(20)22(34)27-15-10-14-12-30(5)28-19(14)17(25)11-15/h6,8,10-12,29H,7,9,13H2,1-5H3,(H,27,34). The van der Waals surface area contributed by atoms with Gasteiger partial charge < -0.3 is 10.2 Å². The number of hydrogen-bond acceptors (Lipinski definition) is 5. The number of aryl methyl sites for hydroxylation is 1. The van der Waals surface area contributed by atoms with Gasteiger partial charge in [-0.05, 0) is 52.3 Å². The molecule has 0 bridgehead atoms. The van der Waals surface area contributed by atoms with Gasteiger partial charge in [-0.25, -0.2) is 14.2 Å². The predicted octanol–water partition coefficient (Wildman–Crippen LogP) is 3.20. The number of hydrogen-bond donors (Lipinski definition) is 2. The van der Waals surface area contributed by atoms with Gasteiger partial charge in [0.15, 0.2) is 5.82 Å². The van der Waals surface area contributed by atoms with E-state index >= 15 is 0 Å². The van der Waals surface area contributed by atoms with Crippen molar-refractivity contribution in [1.29, 1.82) is 0 Å². The summed E-state index contributed by atoms with van der Waals surface area (Å²) in [6.45, 7) is 8.80. The van der Waals surface area contributed by atoms with Crippen LogP contribution in [0.3, 0.4) is 0 Å². The molecule has 0 saturated carbocycles. The summed E-state index contributed by atoms with van der Waals surface area (Å²) >= 11 is 0. The zero-order valence-electron chi connectivity index (χ0n) is 19.9. The van der Waals surface area contributed by atoms with Crippen molar-refractivity contribution in [2.45, 2.75) is 45.2 Å². The molecule has 3 amide bonds. The number of aromatic nitrogens is 3. The lowest BCUT2D eigenvalue weighted by Crippen LogP contribution is -2.70. The van der Waals surface area contributed by atoms with E-state index < -0.39 is 17.4 Å². The van der Waals surface area contributed by atoms with Gasteiger partial charge in [0.1, 0.15) is 11.3 Å². The summed E-state index contributed by atoms with van der Waals surface area (Å²) in [5.41, 5.74) is 1.23. The molecule has 2 aliphatic heterocycles. The minimum absolute atomic E-state index is 0.0247. The van der Waals surface area contributed by atoms with E-state index in [0.717, 1.165) is 11.3 Å². The van der Waals surface area contributed by atoms with Crippen molar-refractivity contribution in [1.82, 2.24) is 20.1 Å². The van der Waals surface area contributed by atoms with Gasteiger partial charge in [-0.3, -0.25) is 19.7 Å². The number of fused-ring (bicyclic) bond motifs is 2. The first-order valence-electron chi connectivity index (χ1n) is 11.3. The molecule has 2 N–H and O–H groups in total. The number of carbonyl (C=O) groups is 2. The second-order valence-corrected chi connectivity index (χ2v) is 10.2. The molecule has 2 aromatic heterocycles. The maximum Gasteiger partial charge on any atom is 0.327 e. The Morgan fingerprint density at radius 1 is 1.24 bits per heavy atom. The van der Waals surface area contributed by atoms with Crippen molar-refractivity contribution in [2.24, 2.45) is 7.05 Å². The fraction of sp³-hybridized carbons (Fsp3) is 0.417. The van der Waals surface area contributed by atoms with Crippen molar-refractivity contribution in [2.75, 3.05) is 28.2 Å². The molecule has 5 rings (SSSR count). The monoisotopic (exact) mass is 465 g/mol. The Morgan fingerprint density at radius 2 is 2.00 bits per heavy atom. The van der Waals surface area contributed by atoms with Gasteiger partial charge in [-0.2, -0.15) is 5.10 Å². The molecular weight excluding hydrogens is 437 g/mol. The molecule has 0 atom stereocenters. The number of nitrogens with one attached hydrogen (secondary N) is 2. The maximum absolute atomic E-state index is 14.5. The molecule has 34 heavy (non-hydrogen) atoms. The normalized spacial score (nSPS) is 18.9. The van der Waals surface area contributed by atoms with Crippen LogP contribution in [0.2, 0.25) is 0 Å². The highest BCUT2D eigenvalue weighted by Gasteiger charge is 2.45. The van der Waals surface area contributed by atoms with Crippen molar-refractivity contribution in [3.63, 3.8) is 0 Å². The molecule has 3 aromatic rings. The van der Waals surface area contributed by atoms with Gasteiger partial charge in [0.25, 0.3) is 0 Å². The molecule has 0 aliphatic carbocycles. The number of carbonyl (C=O) groups excluding carboxylic acids is 2. The van der Waals surface area contributed by atoms with Crippen molar-refractivity contribution >= 4 is 40.0 Å². The predicted molar refractivity (Wildman–Crippen MR) is 129 cm³/mol. The van der Waals surface area contributed by atoms with Crippen molar-refractivity contribution in [3.05, 3.63) is 42.0 Å². The van der Waals surface area contributed by atoms with E-state index in [2.05, 4.69) is 34.6 Å². The van der Waals surface area contributed by atoms with Crippen LogP contribution in [0.1, 0.15) is 33.3 Å².